The van der Waals surface area contributed by atoms with Gasteiger partial charge in [0.1, 0.15) is 11.0 Å². The third-order valence-electron chi connectivity index (χ3n) is 3.01. The van der Waals surface area contributed by atoms with Gasteiger partial charge in [0.25, 0.3) is 0 Å². The minimum absolute atomic E-state index is 0.284. The first-order chi connectivity index (χ1) is 9.87. The standard InChI is InChI=1S/C13H21ClN4S.C2H6/c1-10-12-11(9-15-13(14)16-12)18(17-10)7-5-6-8-19(2,3)4;1-2/h9H,5-8H2,1-4H3;1-2H3. The van der Waals surface area contributed by atoms with Crippen LogP contribution >= 0.6 is 21.6 Å². The van der Waals surface area contributed by atoms with E-state index >= 15 is 0 Å². The zero-order valence-electron chi connectivity index (χ0n) is 14.0. The van der Waals surface area contributed by atoms with Gasteiger partial charge in [-0.25, -0.2) is 20.0 Å². The second-order valence-corrected chi connectivity index (χ2v) is 10.6. The maximum absolute atomic E-state index is 5.82. The molecule has 2 aromatic rings. The molecule has 0 amide bonds. The SMILES string of the molecule is CC.Cc1nn(CCCCS(C)(C)C)c2cnc(Cl)nc12. The highest BCUT2D eigenvalue weighted by Gasteiger charge is 2.10. The lowest BCUT2D eigenvalue weighted by Crippen LogP contribution is -2.04. The van der Waals surface area contributed by atoms with Crippen LogP contribution in [0.5, 0.6) is 0 Å². The Hall–Kier alpha value is -0.810. The smallest absolute Gasteiger partial charge is 0.223 e. The number of hydrogen-bond donors (Lipinski definition) is 0. The normalized spacial score (nSPS) is 12.1. The second kappa shape index (κ2) is 7.99. The van der Waals surface area contributed by atoms with Crippen molar-refractivity contribution in [3.8, 4) is 0 Å². The summed E-state index contributed by atoms with van der Waals surface area (Å²) in [6, 6.07) is 0. The van der Waals surface area contributed by atoms with Crippen molar-refractivity contribution >= 4 is 32.7 Å². The summed E-state index contributed by atoms with van der Waals surface area (Å²) in [6.45, 7) is 6.88. The molecule has 0 aromatic carbocycles. The van der Waals surface area contributed by atoms with Crippen molar-refractivity contribution in [3.63, 3.8) is 0 Å². The molecular weight excluding hydrogens is 304 g/mol. The summed E-state index contributed by atoms with van der Waals surface area (Å²) in [5.74, 6) is 1.31. The topological polar surface area (TPSA) is 43.6 Å². The number of fused-ring (bicyclic) bond motifs is 1. The fraction of sp³-hybridized carbons (Fsp3) is 0.667. The first-order valence-electron chi connectivity index (χ1n) is 7.38. The van der Waals surface area contributed by atoms with Gasteiger partial charge < -0.3 is 0 Å². The summed E-state index contributed by atoms with van der Waals surface area (Å²) in [5, 5.41) is 4.81. The van der Waals surface area contributed by atoms with Crippen molar-refractivity contribution in [3.05, 3.63) is 17.2 Å². The Kier molecular flexibility index (Phi) is 6.94. The molecule has 0 aliphatic carbocycles. The minimum Gasteiger partial charge on any atom is -0.261 e. The van der Waals surface area contributed by atoms with Gasteiger partial charge in [0, 0.05) is 6.54 Å². The summed E-state index contributed by atoms with van der Waals surface area (Å²) in [4.78, 5) is 8.28. The molecule has 0 saturated heterocycles. The van der Waals surface area contributed by atoms with Crippen LogP contribution in [0, 0.1) is 6.92 Å². The van der Waals surface area contributed by atoms with E-state index in [2.05, 4.69) is 33.8 Å². The molecule has 0 aliphatic rings. The first kappa shape index (κ1) is 18.2. The molecule has 0 N–H and O–H groups in total. The van der Waals surface area contributed by atoms with Gasteiger partial charge in [-0.2, -0.15) is 5.10 Å². The van der Waals surface area contributed by atoms with Crippen molar-refractivity contribution in [2.24, 2.45) is 0 Å². The Morgan fingerprint density at radius 2 is 1.86 bits per heavy atom. The van der Waals surface area contributed by atoms with E-state index in [9.17, 15) is 0 Å². The summed E-state index contributed by atoms with van der Waals surface area (Å²) in [7, 11) is -0.393. The van der Waals surface area contributed by atoms with Gasteiger partial charge in [-0.05, 0) is 55.9 Å². The number of aryl methyl sites for hydroxylation is 2. The van der Waals surface area contributed by atoms with Crippen LogP contribution in [0.1, 0.15) is 32.4 Å². The van der Waals surface area contributed by atoms with Crippen LogP contribution < -0.4 is 0 Å². The highest BCUT2D eigenvalue weighted by atomic mass is 35.5. The molecule has 6 heteroatoms. The lowest BCUT2D eigenvalue weighted by atomic mass is 10.3. The van der Waals surface area contributed by atoms with Gasteiger partial charge in [0.15, 0.2) is 0 Å². The summed E-state index contributed by atoms with van der Waals surface area (Å²) in [6.07, 6.45) is 11.2. The third-order valence-corrected chi connectivity index (χ3v) is 4.70. The molecule has 2 rings (SSSR count). The van der Waals surface area contributed by atoms with E-state index in [1.165, 1.54) is 12.2 Å². The fourth-order valence-corrected chi connectivity index (χ4v) is 3.26. The van der Waals surface area contributed by atoms with Gasteiger partial charge >= 0.3 is 0 Å². The van der Waals surface area contributed by atoms with Gasteiger partial charge in [-0.3, -0.25) is 4.68 Å². The summed E-state index contributed by atoms with van der Waals surface area (Å²) >= 11 is 5.82. The molecule has 0 radical (unpaired) electrons. The average Bonchev–Trinajstić information content (AvgIpc) is 2.72. The molecular formula is C15H27ClN4S. The molecule has 0 spiro atoms. The van der Waals surface area contributed by atoms with Crippen LogP contribution in [0.4, 0.5) is 0 Å². The van der Waals surface area contributed by atoms with Crippen molar-refractivity contribution in [1.29, 1.82) is 0 Å². The van der Waals surface area contributed by atoms with Crippen LogP contribution in [0.2, 0.25) is 5.28 Å². The van der Waals surface area contributed by atoms with Gasteiger partial charge in [-0.15, -0.1) is 0 Å². The van der Waals surface area contributed by atoms with Gasteiger partial charge in [0.05, 0.1) is 11.9 Å². The molecule has 21 heavy (non-hydrogen) atoms. The van der Waals surface area contributed by atoms with Crippen molar-refractivity contribution < 1.29 is 0 Å². The Labute approximate surface area is 134 Å². The Morgan fingerprint density at radius 1 is 1.19 bits per heavy atom. The lowest BCUT2D eigenvalue weighted by molar-refractivity contribution is 0.585. The molecule has 4 nitrogen and oxygen atoms in total. The molecule has 0 saturated carbocycles. The molecule has 2 aromatic heterocycles. The maximum Gasteiger partial charge on any atom is 0.223 e. The van der Waals surface area contributed by atoms with Gasteiger partial charge in [0.2, 0.25) is 5.28 Å². The summed E-state index contributed by atoms with van der Waals surface area (Å²) < 4.78 is 2.00. The molecule has 0 aliphatic heterocycles. The van der Waals surface area contributed by atoms with Crippen molar-refractivity contribution in [2.45, 2.75) is 40.2 Å². The number of unbranched alkanes of at least 4 members (excludes halogenated alkanes) is 1. The largest absolute Gasteiger partial charge is 0.261 e. The maximum atomic E-state index is 5.82. The van der Waals surface area contributed by atoms with E-state index in [1.54, 1.807) is 6.20 Å². The van der Waals surface area contributed by atoms with Crippen LogP contribution in [0.3, 0.4) is 0 Å². The lowest BCUT2D eigenvalue weighted by Gasteiger charge is -2.24. The van der Waals surface area contributed by atoms with Crippen molar-refractivity contribution in [2.75, 3.05) is 24.5 Å². The predicted molar refractivity (Wildman–Crippen MR) is 95.9 cm³/mol. The average molecular weight is 331 g/mol. The molecule has 0 bridgehead atoms. The monoisotopic (exact) mass is 330 g/mol. The number of aromatic nitrogens is 4. The van der Waals surface area contributed by atoms with Gasteiger partial charge in [-0.1, -0.05) is 13.8 Å². The van der Waals surface area contributed by atoms with Crippen molar-refractivity contribution in [1.82, 2.24) is 19.7 Å². The first-order valence-corrected chi connectivity index (χ1v) is 10.8. The van der Waals surface area contributed by atoms with E-state index < -0.39 is 10.0 Å². The molecule has 120 valence electrons. The van der Waals surface area contributed by atoms with Crippen LogP contribution in [-0.4, -0.2) is 44.3 Å². The fourth-order valence-electron chi connectivity index (χ4n) is 2.06. The van der Waals surface area contributed by atoms with Crippen LogP contribution in [-0.2, 0) is 6.54 Å². The van der Waals surface area contributed by atoms with E-state index in [-0.39, 0.29) is 5.28 Å². The number of nitrogens with zero attached hydrogens (tertiary/aromatic N) is 4. The zero-order chi connectivity index (χ0) is 16.0. The van der Waals surface area contributed by atoms with E-state index in [1.807, 2.05) is 25.5 Å². The molecule has 2 heterocycles. The highest BCUT2D eigenvalue weighted by molar-refractivity contribution is 8.32. The molecule has 0 fully saturated rings. The van der Waals surface area contributed by atoms with Crippen LogP contribution in [0.25, 0.3) is 11.0 Å². The quantitative estimate of drug-likeness (QED) is 0.606. The Morgan fingerprint density at radius 3 is 2.48 bits per heavy atom. The minimum atomic E-state index is -0.393. The third kappa shape index (κ3) is 5.47. The Balaban J connectivity index is 0.00000106. The number of halogens is 1. The Bertz CT molecular complexity index is 575. The van der Waals surface area contributed by atoms with E-state index in [4.69, 9.17) is 11.6 Å². The number of hydrogen-bond acceptors (Lipinski definition) is 3. The van der Waals surface area contributed by atoms with E-state index in [0.717, 1.165) is 29.7 Å². The number of rotatable bonds is 5. The predicted octanol–water partition coefficient (Wildman–Crippen LogP) is 4.29. The molecule has 0 unspecified atom stereocenters. The van der Waals surface area contributed by atoms with E-state index in [0.29, 0.717) is 0 Å². The van der Waals surface area contributed by atoms with Crippen LogP contribution in [0.15, 0.2) is 6.20 Å². The summed E-state index contributed by atoms with van der Waals surface area (Å²) in [5.41, 5.74) is 2.76. The second-order valence-electron chi connectivity index (χ2n) is 5.68. The highest BCUT2D eigenvalue weighted by Crippen LogP contribution is 2.35. The molecule has 0 atom stereocenters. The zero-order valence-corrected chi connectivity index (χ0v) is 15.6.